The summed E-state index contributed by atoms with van der Waals surface area (Å²) in [5.74, 6) is -1.11. The second-order valence-electron chi connectivity index (χ2n) is 6.21. The first-order chi connectivity index (χ1) is 15.4. The molecule has 0 saturated heterocycles. The number of benzene rings is 1. The number of nitrogens with zero attached hydrogens (tertiary/aromatic N) is 2. The first kappa shape index (κ1) is 26.4. The van der Waals surface area contributed by atoms with E-state index in [1.165, 1.54) is 25.2 Å². The van der Waals surface area contributed by atoms with Crippen LogP contribution in [0.4, 0.5) is 29.5 Å². The van der Waals surface area contributed by atoms with Crippen molar-refractivity contribution < 1.29 is 27.5 Å². The van der Waals surface area contributed by atoms with Crippen LogP contribution in [0.2, 0.25) is 15.1 Å². The van der Waals surface area contributed by atoms with Gasteiger partial charge in [-0.3, -0.25) is 15.8 Å². The molecule has 178 valence electrons. The van der Waals surface area contributed by atoms with Crippen LogP contribution in [0.1, 0.15) is 12.5 Å². The number of hydrogen-bond donors (Lipinski definition) is 3. The van der Waals surface area contributed by atoms with Crippen molar-refractivity contribution in [3.05, 3.63) is 63.0 Å². The number of nitrogens with one attached hydrogen (secondary N) is 3. The van der Waals surface area contributed by atoms with Crippen molar-refractivity contribution in [2.24, 2.45) is 0 Å². The molecule has 3 N–H and O–H groups in total. The molecule has 1 heterocycles. The minimum atomic E-state index is -4.63. The molecule has 0 bridgehead atoms. The van der Waals surface area contributed by atoms with Gasteiger partial charge in [-0.05, 0) is 31.2 Å². The SMILES string of the molecule is CCOC(=O)/C=C(/NC(=O)Nc1ccc(Cl)cc1Cl)NN(C)c1ncc(C(F)(F)F)cc1Cl. The summed E-state index contributed by atoms with van der Waals surface area (Å²) >= 11 is 17.8. The molecule has 1 aromatic carbocycles. The van der Waals surface area contributed by atoms with Gasteiger partial charge in [0.1, 0.15) is 5.82 Å². The Morgan fingerprint density at radius 3 is 2.45 bits per heavy atom. The van der Waals surface area contributed by atoms with Gasteiger partial charge in [-0.25, -0.2) is 14.6 Å². The van der Waals surface area contributed by atoms with Gasteiger partial charge in [-0.15, -0.1) is 0 Å². The molecule has 0 spiro atoms. The number of esters is 1. The number of alkyl halides is 3. The summed E-state index contributed by atoms with van der Waals surface area (Å²) in [7, 11) is 1.36. The Bertz CT molecular complexity index is 1070. The Kier molecular flexibility index (Phi) is 9.03. The summed E-state index contributed by atoms with van der Waals surface area (Å²) in [6.45, 7) is 1.65. The topological polar surface area (TPSA) is 95.6 Å². The van der Waals surface area contributed by atoms with Crippen molar-refractivity contribution in [2.45, 2.75) is 13.1 Å². The Balaban J connectivity index is 2.21. The maximum Gasteiger partial charge on any atom is 0.417 e. The summed E-state index contributed by atoms with van der Waals surface area (Å²) in [6, 6.07) is 4.27. The number of halogens is 6. The highest BCUT2D eigenvalue weighted by Gasteiger charge is 2.32. The lowest BCUT2D eigenvalue weighted by atomic mass is 10.3. The first-order valence-electron chi connectivity index (χ1n) is 9.05. The molecule has 8 nitrogen and oxygen atoms in total. The van der Waals surface area contributed by atoms with Crippen LogP contribution in [0.15, 0.2) is 42.4 Å². The van der Waals surface area contributed by atoms with Gasteiger partial charge in [-0.2, -0.15) is 13.2 Å². The van der Waals surface area contributed by atoms with Crippen molar-refractivity contribution in [3.63, 3.8) is 0 Å². The van der Waals surface area contributed by atoms with Crippen molar-refractivity contribution >= 4 is 58.3 Å². The van der Waals surface area contributed by atoms with Gasteiger partial charge in [0, 0.05) is 18.3 Å². The van der Waals surface area contributed by atoms with Gasteiger partial charge in [0.2, 0.25) is 0 Å². The lowest BCUT2D eigenvalue weighted by molar-refractivity contribution is -0.138. The average Bonchev–Trinajstić information content (AvgIpc) is 2.69. The third-order valence-electron chi connectivity index (χ3n) is 3.73. The summed E-state index contributed by atoms with van der Waals surface area (Å²) in [4.78, 5) is 28.0. The third-order valence-corrected chi connectivity index (χ3v) is 4.56. The van der Waals surface area contributed by atoms with E-state index >= 15 is 0 Å². The second-order valence-corrected chi connectivity index (χ2v) is 7.46. The van der Waals surface area contributed by atoms with Gasteiger partial charge in [0.15, 0.2) is 5.82 Å². The highest BCUT2D eigenvalue weighted by molar-refractivity contribution is 6.36. The molecule has 0 saturated carbocycles. The van der Waals surface area contributed by atoms with Crippen molar-refractivity contribution in [2.75, 3.05) is 24.0 Å². The zero-order chi connectivity index (χ0) is 24.8. The van der Waals surface area contributed by atoms with E-state index in [-0.39, 0.29) is 34.0 Å². The number of carbonyl (C=O) groups is 2. The van der Waals surface area contributed by atoms with Crippen LogP contribution in [-0.2, 0) is 15.7 Å². The monoisotopic (exact) mass is 525 g/mol. The van der Waals surface area contributed by atoms with Crippen LogP contribution in [0.5, 0.6) is 0 Å². The maximum absolute atomic E-state index is 12.8. The third kappa shape index (κ3) is 7.88. The molecule has 14 heteroatoms. The second kappa shape index (κ2) is 11.3. The molecule has 2 aromatic rings. The number of hydrazine groups is 1. The average molecular weight is 527 g/mol. The highest BCUT2D eigenvalue weighted by atomic mass is 35.5. The number of hydrogen-bond acceptors (Lipinski definition) is 6. The Labute approximate surface area is 201 Å². The molecule has 0 radical (unpaired) electrons. The van der Waals surface area contributed by atoms with Crippen LogP contribution in [0, 0.1) is 0 Å². The number of amides is 2. The van der Waals surface area contributed by atoms with E-state index in [9.17, 15) is 22.8 Å². The molecular weight excluding hydrogens is 510 g/mol. The van der Waals surface area contributed by atoms with E-state index < -0.39 is 23.7 Å². The predicted octanol–water partition coefficient (Wildman–Crippen LogP) is 5.23. The summed E-state index contributed by atoms with van der Waals surface area (Å²) < 4.78 is 43.3. The number of carbonyl (C=O) groups excluding carboxylic acids is 2. The number of rotatable bonds is 7. The fraction of sp³-hybridized carbons (Fsp3) is 0.211. The van der Waals surface area contributed by atoms with E-state index in [2.05, 4.69) is 21.0 Å². The summed E-state index contributed by atoms with van der Waals surface area (Å²) in [5, 5.41) is 6.13. The molecule has 0 aliphatic carbocycles. The molecule has 0 unspecified atom stereocenters. The summed E-state index contributed by atoms with van der Waals surface area (Å²) in [5.41, 5.74) is 1.80. The zero-order valence-corrected chi connectivity index (χ0v) is 19.3. The van der Waals surface area contributed by atoms with Crippen molar-refractivity contribution in [1.29, 1.82) is 0 Å². The van der Waals surface area contributed by atoms with Gasteiger partial charge >= 0.3 is 18.2 Å². The van der Waals surface area contributed by atoms with Crippen molar-refractivity contribution in [1.82, 2.24) is 15.7 Å². The smallest absolute Gasteiger partial charge is 0.417 e. The summed E-state index contributed by atoms with van der Waals surface area (Å²) in [6.07, 6.45) is -3.11. The molecule has 0 aliphatic heterocycles. The van der Waals surface area contributed by atoms with Crippen LogP contribution in [0.3, 0.4) is 0 Å². The lowest BCUT2D eigenvalue weighted by Gasteiger charge is -2.24. The van der Waals surface area contributed by atoms with Gasteiger partial charge in [0.05, 0.1) is 34.0 Å². The van der Waals surface area contributed by atoms with Crippen LogP contribution in [0.25, 0.3) is 0 Å². The molecule has 2 amide bonds. The molecule has 33 heavy (non-hydrogen) atoms. The highest BCUT2D eigenvalue weighted by Crippen LogP contribution is 2.33. The number of urea groups is 1. The Hall–Kier alpha value is -2.89. The number of aromatic nitrogens is 1. The standard InChI is InChI=1S/C19H17Cl3F3N5O3/c1-3-33-16(31)8-15(28-18(32)27-14-5-4-11(20)7-12(14)21)29-30(2)17-13(22)6-10(9-26-17)19(23,24)25/h4-9,29H,3H2,1-2H3,(H2,27,28,32)/b15-8-. The molecule has 0 fully saturated rings. The molecular formula is C19H17Cl3F3N5O3. The lowest BCUT2D eigenvalue weighted by Crippen LogP contribution is -2.43. The maximum atomic E-state index is 12.8. The number of ether oxygens (including phenoxy) is 1. The zero-order valence-electron chi connectivity index (χ0n) is 17.1. The van der Waals surface area contributed by atoms with Crippen LogP contribution in [-0.4, -0.2) is 30.6 Å². The van der Waals surface area contributed by atoms with Crippen LogP contribution >= 0.6 is 34.8 Å². The van der Waals surface area contributed by atoms with E-state index in [1.807, 2.05) is 0 Å². The van der Waals surface area contributed by atoms with Gasteiger partial charge < -0.3 is 10.1 Å². The van der Waals surface area contributed by atoms with Crippen molar-refractivity contribution in [3.8, 4) is 0 Å². The molecule has 0 atom stereocenters. The Morgan fingerprint density at radius 1 is 1.18 bits per heavy atom. The molecule has 2 rings (SSSR count). The van der Waals surface area contributed by atoms with Gasteiger partial charge in [-0.1, -0.05) is 34.8 Å². The fourth-order valence-corrected chi connectivity index (χ4v) is 3.08. The normalized spacial score (nSPS) is 11.6. The van der Waals surface area contributed by atoms with E-state index in [0.29, 0.717) is 17.3 Å². The largest absolute Gasteiger partial charge is 0.463 e. The first-order valence-corrected chi connectivity index (χ1v) is 10.2. The quantitative estimate of drug-likeness (QED) is 0.260. The van der Waals surface area contributed by atoms with Crippen LogP contribution < -0.4 is 21.1 Å². The fourth-order valence-electron chi connectivity index (χ4n) is 2.33. The minimum absolute atomic E-state index is 0.0668. The molecule has 1 aromatic heterocycles. The molecule has 0 aliphatic rings. The van der Waals surface area contributed by atoms with E-state index in [1.54, 1.807) is 6.92 Å². The predicted molar refractivity (Wildman–Crippen MR) is 119 cm³/mol. The van der Waals surface area contributed by atoms with E-state index in [0.717, 1.165) is 11.1 Å². The Morgan fingerprint density at radius 2 is 1.88 bits per heavy atom. The minimum Gasteiger partial charge on any atom is -0.463 e. The number of anilines is 2. The van der Waals surface area contributed by atoms with E-state index in [4.69, 9.17) is 39.5 Å². The number of pyridine rings is 1. The van der Waals surface area contributed by atoms with Gasteiger partial charge in [0.25, 0.3) is 0 Å².